The molecule has 5 nitrogen and oxygen atoms in total. The molecule has 0 aromatic heterocycles. The molecule has 2 saturated heterocycles. The Bertz CT molecular complexity index is 380. The first-order valence-corrected chi connectivity index (χ1v) is 10.0. The molecule has 1 atom stereocenters. The van der Waals surface area contributed by atoms with Crippen molar-refractivity contribution in [3.8, 4) is 0 Å². The van der Waals surface area contributed by atoms with Crippen molar-refractivity contribution >= 4 is 29.9 Å². The minimum atomic E-state index is 0. The van der Waals surface area contributed by atoms with E-state index in [4.69, 9.17) is 4.99 Å². The molecule has 2 heterocycles. The van der Waals surface area contributed by atoms with Crippen LogP contribution in [0.2, 0.25) is 0 Å². The summed E-state index contributed by atoms with van der Waals surface area (Å²) in [7, 11) is 2.23. The van der Waals surface area contributed by atoms with Crippen molar-refractivity contribution in [2.45, 2.75) is 52.5 Å². The Hall–Kier alpha value is -0.0800. The second kappa shape index (κ2) is 12.3. The number of halogens is 1. The van der Waals surface area contributed by atoms with Gasteiger partial charge in [0.2, 0.25) is 0 Å². The molecule has 0 aromatic carbocycles. The Morgan fingerprint density at radius 1 is 1.16 bits per heavy atom. The van der Waals surface area contributed by atoms with Crippen molar-refractivity contribution in [1.29, 1.82) is 0 Å². The fraction of sp³-hybridized carbons (Fsp3) is 0.947. The van der Waals surface area contributed by atoms with Gasteiger partial charge in [-0.2, -0.15) is 0 Å². The Labute approximate surface area is 172 Å². The summed E-state index contributed by atoms with van der Waals surface area (Å²) >= 11 is 0. The van der Waals surface area contributed by atoms with E-state index in [0.29, 0.717) is 12.0 Å². The highest BCUT2D eigenvalue weighted by atomic mass is 127. The first kappa shape index (κ1) is 23.0. The molecule has 2 aliphatic rings. The maximum Gasteiger partial charge on any atom is 0.191 e. The third-order valence-corrected chi connectivity index (χ3v) is 5.13. The predicted octanol–water partition coefficient (Wildman–Crippen LogP) is 2.62. The molecule has 1 unspecified atom stereocenters. The fourth-order valence-corrected chi connectivity index (χ4v) is 3.93. The smallest absolute Gasteiger partial charge is 0.191 e. The second-order valence-corrected chi connectivity index (χ2v) is 8.10. The Kier molecular flexibility index (Phi) is 11.3. The van der Waals surface area contributed by atoms with Gasteiger partial charge in [0.1, 0.15) is 0 Å². The van der Waals surface area contributed by atoms with Crippen molar-refractivity contribution in [3.05, 3.63) is 0 Å². The van der Waals surface area contributed by atoms with Gasteiger partial charge < -0.3 is 20.4 Å². The molecule has 2 rings (SSSR count). The van der Waals surface area contributed by atoms with Gasteiger partial charge in [-0.25, -0.2) is 0 Å². The van der Waals surface area contributed by atoms with Crippen LogP contribution in [0.25, 0.3) is 0 Å². The van der Waals surface area contributed by atoms with Gasteiger partial charge >= 0.3 is 0 Å². The van der Waals surface area contributed by atoms with Crippen LogP contribution in [0.15, 0.2) is 4.99 Å². The van der Waals surface area contributed by atoms with Gasteiger partial charge in [0.25, 0.3) is 0 Å². The average molecular weight is 465 g/mol. The monoisotopic (exact) mass is 465 g/mol. The lowest BCUT2D eigenvalue weighted by Crippen LogP contribution is -2.49. The van der Waals surface area contributed by atoms with Gasteiger partial charge in [-0.15, -0.1) is 24.0 Å². The van der Waals surface area contributed by atoms with Crippen molar-refractivity contribution < 1.29 is 0 Å². The molecule has 25 heavy (non-hydrogen) atoms. The van der Waals surface area contributed by atoms with Crippen molar-refractivity contribution in [3.63, 3.8) is 0 Å². The van der Waals surface area contributed by atoms with E-state index in [1.165, 1.54) is 58.4 Å². The second-order valence-electron chi connectivity index (χ2n) is 8.10. The number of nitrogens with one attached hydrogen (secondary N) is 2. The molecule has 6 heteroatoms. The number of nitrogens with zero attached hydrogens (tertiary/aromatic N) is 3. The molecule has 0 saturated carbocycles. The SMILES string of the molecule is CCNC(=NCC1CCCN(C)C1)NC1CCN(CC(C)C)CC1.I. The minimum Gasteiger partial charge on any atom is -0.357 e. The minimum absolute atomic E-state index is 0. The molecule has 0 aromatic rings. The van der Waals surface area contributed by atoms with Crippen LogP contribution in [-0.2, 0) is 0 Å². The molecule has 0 amide bonds. The van der Waals surface area contributed by atoms with E-state index in [2.05, 4.69) is 48.3 Å². The quantitative estimate of drug-likeness (QED) is 0.360. The Balaban J connectivity index is 0.00000312. The van der Waals surface area contributed by atoms with Gasteiger partial charge in [-0.3, -0.25) is 4.99 Å². The topological polar surface area (TPSA) is 42.9 Å². The van der Waals surface area contributed by atoms with E-state index in [-0.39, 0.29) is 24.0 Å². The predicted molar refractivity (Wildman–Crippen MR) is 119 cm³/mol. The lowest BCUT2D eigenvalue weighted by molar-refractivity contribution is 0.186. The number of hydrogen-bond donors (Lipinski definition) is 2. The maximum absolute atomic E-state index is 4.89. The van der Waals surface area contributed by atoms with Crippen LogP contribution in [-0.4, -0.2) is 74.7 Å². The highest BCUT2D eigenvalue weighted by Gasteiger charge is 2.21. The average Bonchev–Trinajstić information content (AvgIpc) is 2.54. The normalized spacial score (nSPS) is 24.2. The lowest BCUT2D eigenvalue weighted by atomic mass is 9.99. The number of likely N-dealkylation sites (tertiary alicyclic amines) is 2. The lowest BCUT2D eigenvalue weighted by Gasteiger charge is -2.34. The Morgan fingerprint density at radius 3 is 2.48 bits per heavy atom. The molecule has 2 fully saturated rings. The number of hydrogen-bond acceptors (Lipinski definition) is 3. The van der Waals surface area contributed by atoms with Crippen molar-refractivity contribution in [1.82, 2.24) is 20.4 Å². The molecule has 2 aliphatic heterocycles. The van der Waals surface area contributed by atoms with Gasteiger partial charge in [-0.1, -0.05) is 13.8 Å². The van der Waals surface area contributed by atoms with Crippen LogP contribution >= 0.6 is 24.0 Å². The summed E-state index contributed by atoms with van der Waals surface area (Å²) in [6.07, 6.45) is 5.09. The summed E-state index contributed by atoms with van der Waals surface area (Å²) in [6.45, 7) is 14.7. The van der Waals surface area contributed by atoms with Crippen LogP contribution in [0.4, 0.5) is 0 Å². The molecule has 0 bridgehead atoms. The maximum atomic E-state index is 4.89. The molecule has 0 radical (unpaired) electrons. The van der Waals surface area contributed by atoms with Crippen LogP contribution in [0.5, 0.6) is 0 Å². The highest BCUT2D eigenvalue weighted by molar-refractivity contribution is 14.0. The summed E-state index contributed by atoms with van der Waals surface area (Å²) in [4.78, 5) is 9.93. The summed E-state index contributed by atoms with van der Waals surface area (Å²) < 4.78 is 0. The molecule has 2 N–H and O–H groups in total. The zero-order chi connectivity index (χ0) is 17.4. The first-order valence-electron chi connectivity index (χ1n) is 10.0. The first-order chi connectivity index (χ1) is 11.6. The van der Waals surface area contributed by atoms with Gasteiger partial charge in [0.15, 0.2) is 5.96 Å². The number of aliphatic imine (C=N–C) groups is 1. The molecule has 0 aliphatic carbocycles. The van der Waals surface area contributed by atoms with E-state index in [1.807, 2.05) is 0 Å². The van der Waals surface area contributed by atoms with E-state index in [1.54, 1.807) is 0 Å². The largest absolute Gasteiger partial charge is 0.357 e. The molecular weight excluding hydrogens is 425 g/mol. The van der Waals surface area contributed by atoms with Crippen molar-refractivity contribution in [2.24, 2.45) is 16.8 Å². The van der Waals surface area contributed by atoms with E-state index < -0.39 is 0 Å². The zero-order valence-corrected chi connectivity index (χ0v) is 19.1. The van der Waals surface area contributed by atoms with Gasteiger partial charge in [0, 0.05) is 45.3 Å². The Morgan fingerprint density at radius 2 is 1.88 bits per heavy atom. The summed E-state index contributed by atoms with van der Waals surface area (Å²) in [6, 6.07) is 0.570. The van der Waals surface area contributed by atoms with E-state index >= 15 is 0 Å². The molecule has 0 spiro atoms. The van der Waals surface area contributed by atoms with Crippen LogP contribution in [0.3, 0.4) is 0 Å². The van der Waals surface area contributed by atoms with E-state index in [0.717, 1.165) is 25.0 Å². The third kappa shape index (κ3) is 8.91. The summed E-state index contributed by atoms with van der Waals surface area (Å²) in [5.41, 5.74) is 0. The number of piperidine rings is 2. The molecule has 148 valence electrons. The van der Waals surface area contributed by atoms with Crippen LogP contribution in [0, 0.1) is 11.8 Å². The number of guanidine groups is 1. The summed E-state index contributed by atoms with van der Waals surface area (Å²) in [5.74, 6) is 2.50. The van der Waals surface area contributed by atoms with Crippen LogP contribution in [0.1, 0.15) is 46.5 Å². The van der Waals surface area contributed by atoms with E-state index in [9.17, 15) is 0 Å². The molecular formula is C19H40IN5. The number of rotatable bonds is 6. The standard InChI is InChI=1S/C19H39N5.HI/c1-5-20-19(21-13-17-7-6-10-23(4)15-17)22-18-8-11-24(12-9-18)14-16(2)3;/h16-18H,5-15H2,1-4H3,(H2,20,21,22);1H. The van der Waals surface area contributed by atoms with Gasteiger partial charge in [-0.05, 0) is 58.0 Å². The van der Waals surface area contributed by atoms with Crippen molar-refractivity contribution in [2.75, 3.05) is 52.9 Å². The fourth-order valence-electron chi connectivity index (χ4n) is 3.93. The third-order valence-electron chi connectivity index (χ3n) is 5.13. The zero-order valence-electron chi connectivity index (χ0n) is 16.8. The van der Waals surface area contributed by atoms with Gasteiger partial charge in [0.05, 0.1) is 0 Å². The highest BCUT2D eigenvalue weighted by Crippen LogP contribution is 2.15. The summed E-state index contributed by atoms with van der Waals surface area (Å²) in [5, 5.41) is 7.12. The van der Waals surface area contributed by atoms with Crippen LogP contribution < -0.4 is 10.6 Å².